The van der Waals surface area contributed by atoms with Crippen LogP contribution >= 0.6 is 0 Å². The Morgan fingerprint density at radius 3 is 2.71 bits per heavy atom. The summed E-state index contributed by atoms with van der Waals surface area (Å²) in [4.78, 5) is 13.6. The van der Waals surface area contributed by atoms with Crippen LogP contribution in [0.2, 0.25) is 0 Å². The van der Waals surface area contributed by atoms with Crippen LogP contribution in [0.1, 0.15) is 22.5 Å². The number of aliphatic hydroxyl groups is 1. The van der Waals surface area contributed by atoms with Gasteiger partial charge in [0.15, 0.2) is 5.69 Å². The topological polar surface area (TPSA) is 69.2 Å². The molecule has 1 aliphatic heterocycles. The molecule has 0 bridgehead atoms. The van der Waals surface area contributed by atoms with Crippen molar-refractivity contribution in [1.29, 1.82) is 0 Å². The molecule has 2 N–H and O–H groups in total. The fourth-order valence-electron chi connectivity index (χ4n) is 2.85. The van der Waals surface area contributed by atoms with Crippen LogP contribution in [0, 0.1) is 0 Å². The summed E-state index contributed by atoms with van der Waals surface area (Å²) < 4.78 is 38.8. The van der Waals surface area contributed by atoms with Gasteiger partial charge in [0, 0.05) is 37.2 Å². The monoisotopic (exact) mass is 339 g/mol. The van der Waals surface area contributed by atoms with Gasteiger partial charge >= 0.3 is 6.18 Å². The second-order valence-corrected chi connectivity index (χ2v) is 5.74. The number of hydrogen-bond donors (Lipinski definition) is 2. The molecule has 128 valence electrons. The number of nitrogens with zero attached hydrogens (tertiary/aromatic N) is 2. The zero-order valence-electron chi connectivity index (χ0n) is 12.7. The lowest BCUT2D eigenvalue weighted by Crippen LogP contribution is -2.43. The summed E-state index contributed by atoms with van der Waals surface area (Å²) in [6.07, 6.45) is -5.48. The van der Waals surface area contributed by atoms with E-state index in [0.717, 1.165) is 5.56 Å². The van der Waals surface area contributed by atoms with E-state index in [-0.39, 0.29) is 31.5 Å². The molecule has 1 atom stereocenters. The van der Waals surface area contributed by atoms with Crippen molar-refractivity contribution in [2.75, 3.05) is 6.54 Å². The molecule has 0 saturated heterocycles. The summed E-state index contributed by atoms with van der Waals surface area (Å²) in [5.74, 6) is -0.571. The van der Waals surface area contributed by atoms with Gasteiger partial charge in [-0.1, -0.05) is 30.3 Å². The van der Waals surface area contributed by atoms with Gasteiger partial charge < -0.3 is 10.0 Å². The molecule has 1 amide bonds. The number of carbonyl (C=O) groups is 1. The average molecular weight is 339 g/mol. The third-order valence-electron chi connectivity index (χ3n) is 4.07. The van der Waals surface area contributed by atoms with Crippen LogP contribution in [0.15, 0.2) is 30.3 Å². The molecular weight excluding hydrogens is 323 g/mol. The van der Waals surface area contributed by atoms with Crippen molar-refractivity contribution >= 4 is 5.91 Å². The third kappa shape index (κ3) is 3.28. The molecule has 24 heavy (non-hydrogen) atoms. The van der Waals surface area contributed by atoms with Gasteiger partial charge in [-0.15, -0.1) is 0 Å². The van der Waals surface area contributed by atoms with Gasteiger partial charge in [-0.25, -0.2) is 0 Å². The molecule has 0 fully saturated rings. The zero-order valence-corrected chi connectivity index (χ0v) is 12.7. The van der Waals surface area contributed by atoms with Gasteiger partial charge in [0.1, 0.15) is 6.10 Å². The van der Waals surface area contributed by atoms with Crippen molar-refractivity contribution in [3.8, 4) is 0 Å². The largest absolute Gasteiger partial charge is 0.435 e. The highest BCUT2D eigenvalue weighted by atomic mass is 19.4. The lowest BCUT2D eigenvalue weighted by Gasteiger charge is -2.29. The van der Waals surface area contributed by atoms with Crippen molar-refractivity contribution < 1.29 is 23.1 Å². The van der Waals surface area contributed by atoms with Crippen LogP contribution in [-0.2, 0) is 30.4 Å². The maximum atomic E-state index is 12.9. The fraction of sp³-hybridized carbons (Fsp3) is 0.375. The molecule has 0 unspecified atom stereocenters. The first-order valence-electron chi connectivity index (χ1n) is 7.50. The number of aromatic amines is 1. The van der Waals surface area contributed by atoms with E-state index < -0.39 is 23.9 Å². The van der Waals surface area contributed by atoms with E-state index >= 15 is 0 Å². The van der Waals surface area contributed by atoms with Crippen molar-refractivity contribution in [2.45, 2.75) is 31.7 Å². The maximum Gasteiger partial charge on any atom is 0.435 e. The van der Waals surface area contributed by atoms with Crippen molar-refractivity contribution in [2.24, 2.45) is 0 Å². The third-order valence-corrected chi connectivity index (χ3v) is 4.07. The summed E-state index contributed by atoms with van der Waals surface area (Å²) in [6.45, 7) is 0.0442. The number of nitrogens with one attached hydrogen (secondary N) is 1. The molecule has 0 aliphatic carbocycles. The van der Waals surface area contributed by atoms with E-state index in [0.29, 0.717) is 5.69 Å². The first-order chi connectivity index (χ1) is 11.4. The number of H-pyrrole nitrogens is 1. The van der Waals surface area contributed by atoms with Crippen LogP contribution in [0.4, 0.5) is 13.2 Å². The molecule has 3 rings (SSSR count). The molecule has 1 aliphatic rings. The van der Waals surface area contributed by atoms with Crippen LogP contribution in [0.25, 0.3) is 0 Å². The number of halogens is 3. The number of hydrogen-bond acceptors (Lipinski definition) is 3. The van der Waals surface area contributed by atoms with E-state index in [1.54, 1.807) is 24.3 Å². The SMILES string of the molecule is O=C([C@@H](O)Cc1ccccc1)N1CCc2[nH]nc(C(F)(F)F)c2C1. The van der Waals surface area contributed by atoms with Gasteiger partial charge in [0.2, 0.25) is 0 Å². The Morgan fingerprint density at radius 1 is 1.33 bits per heavy atom. The predicted octanol–water partition coefficient (Wildman–Crippen LogP) is 1.92. The number of rotatable bonds is 3. The first-order valence-corrected chi connectivity index (χ1v) is 7.50. The molecule has 0 radical (unpaired) electrons. The Balaban J connectivity index is 1.72. The van der Waals surface area contributed by atoms with E-state index in [1.165, 1.54) is 4.90 Å². The molecule has 1 aromatic heterocycles. The van der Waals surface area contributed by atoms with E-state index in [2.05, 4.69) is 10.2 Å². The van der Waals surface area contributed by atoms with Crippen molar-refractivity contribution in [3.05, 3.63) is 52.8 Å². The number of aromatic nitrogens is 2. The minimum atomic E-state index is -4.57. The first kappa shape index (κ1) is 16.5. The minimum absolute atomic E-state index is 0.0194. The lowest BCUT2D eigenvalue weighted by atomic mass is 10.0. The Morgan fingerprint density at radius 2 is 2.04 bits per heavy atom. The van der Waals surface area contributed by atoms with Gasteiger partial charge in [-0.3, -0.25) is 9.89 Å². The molecule has 2 aromatic rings. The Kier molecular flexibility index (Phi) is 4.31. The summed E-state index contributed by atoms with van der Waals surface area (Å²) in [5.41, 5.74) is 0.167. The molecule has 8 heteroatoms. The Bertz CT molecular complexity index is 728. The normalized spacial score (nSPS) is 15.9. The molecule has 0 spiro atoms. The zero-order chi connectivity index (χ0) is 17.3. The minimum Gasteiger partial charge on any atom is -0.383 e. The number of amides is 1. The number of carbonyl (C=O) groups excluding carboxylic acids is 1. The molecule has 1 aromatic carbocycles. The second-order valence-electron chi connectivity index (χ2n) is 5.74. The van der Waals surface area contributed by atoms with E-state index in [9.17, 15) is 23.1 Å². The number of benzene rings is 1. The van der Waals surface area contributed by atoms with E-state index in [4.69, 9.17) is 0 Å². The average Bonchev–Trinajstić information content (AvgIpc) is 2.98. The fourth-order valence-corrected chi connectivity index (χ4v) is 2.85. The highest BCUT2D eigenvalue weighted by Crippen LogP contribution is 2.34. The summed E-state index contributed by atoms with van der Waals surface area (Å²) in [7, 11) is 0. The van der Waals surface area contributed by atoms with E-state index in [1.807, 2.05) is 6.07 Å². The predicted molar refractivity (Wildman–Crippen MR) is 78.9 cm³/mol. The molecule has 2 heterocycles. The maximum absolute atomic E-state index is 12.9. The number of aliphatic hydroxyl groups excluding tert-OH is 1. The summed E-state index contributed by atoms with van der Waals surface area (Å²) in [5, 5.41) is 15.8. The molecule has 5 nitrogen and oxygen atoms in total. The standard InChI is InChI=1S/C16H16F3N3O2/c17-16(18,19)14-11-9-22(7-6-12(11)20-21-14)15(24)13(23)8-10-4-2-1-3-5-10/h1-5,13,23H,6-9H2,(H,20,21)/t13-/m0/s1. The Hall–Kier alpha value is -2.35. The quantitative estimate of drug-likeness (QED) is 0.898. The summed E-state index contributed by atoms with van der Waals surface area (Å²) in [6, 6.07) is 8.97. The van der Waals surface area contributed by atoms with Crippen LogP contribution in [0.5, 0.6) is 0 Å². The highest BCUT2D eigenvalue weighted by molar-refractivity contribution is 5.81. The highest BCUT2D eigenvalue weighted by Gasteiger charge is 2.40. The molecular formula is C16H16F3N3O2. The van der Waals surface area contributed by atoms with Crippen LogP contribution in [-0.4, -0.2) is 38.8 Å². The van der Waals surface area contributed by atoms with Crippen LogP contribution < -0.4 is 0 Å². The van der Waals surface area contributed by atoms with Gasteiger partial charge in [-0.05, 0) is 5.56 Å². The number of alkyl halides is 3. The second kappa shape index (κ2) is 6.27. The molecule has 0 saturated carbocycles. The lowest BCUT2D eigenvalue weighted by molar-refractivity contribution is -0.145. The van der Waals surface area contributed by atoms with Crippen LogP contribution in [0.3, 0.4) is 0 Å². The summed E-state index contributed by atoms with van der Waals surface area (Å²) >= 11 is 0. The van der Waals surface area contributed by atoms with Gasteiger partial charge in [-0.2, -0.15) is 18.3 Å². The van der Waals surface area contributed by atoms with Crippen molar-refractivity contribution in [1.82, 2.24) is 15.1 Å². The number of fused-ring (bicyclic) bond motifs is 1. The van der Waals surface area contributed by atoms with Gasteiger partial charge in [0.25, 0.3) is 5.91 Å². The Labute approximate surface area is 136 Å². The van der Waals surface area contributed by atoms with Crippen molar-refractivity contribution in [3.63, 3.8) is 0 Å². The van der Waals surface area contributed by atoms with Gasteiger partial charge in [0.05, 0.1) is 0 Å². The smallest absolute Gasteiger partial charge is 0.383 e.